The largest absolute Gasteiger partial charge is 0.461 e. The van der Waals surface area contributed by atoms with Crippen molar-refractivity contribution >= 4 is 45.6 Å². The van der Waals surface area contributed by atoms with Crippen molar-refractivity contribution in [3.63, 3.8) is 0 Å². The molecule has 0 aliphatic carbocycles. The first kappa shape index (κ1) is 23.3. The number of esters is 1. The number of hydrogen-bond donors (Lipinski definition) is 1. The first-order valence-corrected chi connectivity index (χ1v) is 11.3. The maximum Gasteiger partial charge on any atom is 0.307 e. The van der Waals surface area contributed by atoms with Gasteiger partial charge in [-0.1, -0.05) is 84.6 Å². The molecular weight excluding hydrogens is 422 g/mol. The number of thioether (sulfide) groups is 1. The standard InChI is InChI=1S/C26H25NO4S/c1-19(28)32-18-23(16-22-12-7-11-21-10-5-6-13-24(21)22)26(30)27-15-14-25(29)31-17-20-8-3-2-4-9-20/h2-13,16H,14-15,17-18H2,1H3,(H,27,30)/b23-16+. The van der Waals surface area contributed by atoms with E-state index in [0.717, 1.165) is 33.7 Å². The van der Waals surface area contributed by atoms with Crippen molar-refractivity contribution in [1.29, 1.82) is 0 Å². The Morgan fingerprint density at radius 3 is 2.44 bits per heavy atom. The average Bonchev–Trinajstić information content (AvgIpc) is 2.81. The highest BCUT2D eigenvalue weighted by atomic mass is 32.2. The number of carbonyl (C=O) groups excluding carboxylic acids is 3. The second kappa shape index (κ2) is 11.9. The van der Waals surface area contributed by atoms with Gasteiger partial charge in [0.15, 0.2) is 5.12 Å². The molecule has 0 fully saturated rings. The predicted molar refractivity (Wildman–Crippen MR) is 129 cm³/mol. The molecule has 1 N–H and O–H groups in total. The number of fused-ring (bicyclic) bond motifs is 1. The summed E-state index contributed by atoms with van der Waals surface area (Å²) in [5, 5.41) is 4.80. The highest BCUT2D eigenvalue weighted by Gasteiger charge is 2.13. The van der Waals surface area contributed by atoms with Crippen LogP contribution in [0.5, 0.6) is 0 Å². The fourth-order valence-electron chi connectivity index (χ4n) is 3.12. The quantitative estimate of drug-likeness (QED) is 0.378. The lowest BCUT2D eigenvalue weighted by atomic mass is 10.0. The molecule has 3 aromatic carbocycles. The van der Waals surface area contributed by atoms with E-state index in [-0.39, 0.29) is 42.3 Å². The van der Waals surface area contributed by atoms with Crippen LogP contribution in [-0.2, 0) is 25.7 Å². The number of benzene rings is 3. The van der Waals surface area contributed by atoms with Crippen LogP contribution >= 0.6 is 11.8 Å². The summed E-state index contributed by atoms with van der Waals surface area (Å²) in [7, 11) is 0. The van der Waals surface area contributed by atoms with Gasteiger partial charge >= 0.3 is 5.97 Å². The van der Waals surface area contributed by atoms with E-state index < -0.39 is 0 Å². The Hall–Kier alpha value is -3.38. The molecule has 0 bridgehead atoms. The molecule has 5 nitrogen and oxygen atoms in total. The third-order valence-electron chi connectivity index (χ3n) is 4.73. The van der Waals surface area contributed by atoms with Crippen molar-refractivity contribution < 1.29 is 19.1 Å². The summed E-state index contributed by atoms with van der Waals surface area (Å²) in [6.07, 6.45) is 1.88. The number of hydrogen-bond acceptors (Lipinski definition) is 5. The van der Waals surface area contributed by atoms with Crippen molar-refractivity contribution in [3.8, 4) is 0 Å². The summed E-state index contributed by atoms with van der Waals surface area (Å²) in [6, 6.07) is 23.2. The van der Waals surface area contributed by atoms with E-state index in [0.29, 0.717) is 5.57 Å². The number of rotatable bonds is 9. The number of amides is 1. The Kier molecular flexibility index (Phi) is 8.63. The Bertz CT molecular complexity index is 1120. The van der Waals surface area contributed by atoms with Crippen LogP contribution in [0.25, 0.3) is 16.8 Å². The summed E-state index contributed by atoms with van der Waals surface area (Å²) in [5.41, 5.74) is 2.28. The number of nitrogens with one attached hydrogen (secondary N) is 1. The molecule has 164 valence electrons. The molecule has 0 atom stereocenters. The Balaban J connectivity index is 1.62. The molecule has 0 saturated carbocycles. The van der Waals surface area contributed by atoms with Gasteiger partial charge in [-0.25, -0.2) is 0 Å². The Labute approximate surface area is 191 Å². The van der Waals surface area contributed by atoms with Gasteiger partial charge in [-0.15, -0.1) is 0 Å². The highest BCUT2D eigenvalue weighted by Crippen LogP contribution is 2.22. The summed E-state index contributed by atoms with van der Waals surface area (Å²) in [5.74, 6) is -0.433. The third kappa shape index (κ3) is 7.10. The van der Waals surface area contributed by atoms with E-state index in [1.54, 1.807) is 6.08 Å². The normalized spacial score (nSPS) is 11.2. The van der Waals surface area contributed by atoms with E-state index in [1.165, 1.54) is 6.92 Å². The monoisotopic (exact) mass is 447 g/mol. The van der Waals surface area contributed by atoms with E-state index >= 15 is 0 Å². The highest BCUT2D eigenvalue weighted by molar-refractivity contribution is 8.13. The van der Waals surface area contributed by atoms with Gasteiger partial charge in [0.2, 0.25) is 5.91 Å². The SMILES string of the molecule is CC(=O)SC/C(=C\c1cccc2ccccc12)C(=O)NCCC(=O)OCc1ccccc1. The molecular formula is C26H25NO4S. The molecule has 0 aliphatic rings. The molecule has 1 amide bonds. The molecule has 0 aromatic heterocycles. The van der Waals surface area contributed by atoms with E-state index in [4.69, 9.17) is 4.74 Å². The van der Waals surface area contributed by atoms with Crippen molar-refractivity contribution in [3.05, 3.63) is 89.5 Å². The van der Waals surface area contributed by atoms with Gasteiger partial charge in [0.05, 0.1) is 6.42 Å². The molecule has 6 heteroatoms. The molecule has 3 aromatic rings. The summed E-state index contributed by atoms with van der Waals surface area (Å²) >= 11 is 1.08. The van der Waals surface area contributed by atoms with Crippen LogP contribution in [0.2, 0.25) is 0 Å². The average molecular weight is 448 g/mol. The van der Waals surface area contributed by atoms with Crippen LogP contribution < -0.4 is 5.32 Å². The summed E-state index contributed by atoms with van der Waals surface area (Å²) in [6.45, 7) is 1.83. The fraction of sp³-hybridized carbons (Fsp3) is 0.192. The number of carbonyl (C=O) groups is 3. The minimum Gasteiger partial charge on any atom is -0.461 e. The van der Waals surface area contributed by atoms with E-state index in [1.807, 2.05) is 72.8 Å². The molecule has 3 rings (SSSR count). The van der Waals surface area contributed by atoms with Gasteiger partial charge in [0.25, 0.3) is 0 Å². The van der Waals surface area contributed by atoms with E-state index in [9.17, 15) is 14.4 Å². The zero-order valence-corrected chi connectivity index (χ0v) is 18.7. The Morgan fingerprint density at radius 1 is 0.938 bits per heavy atom. The maximum atomic E-state index is 12.8. The van der Waals surface area contributed by atoms with E-state index in [2.05, 4.69) is 5.32 Å². The van der Waals surface area contributed by atoms with Crippen LogP contribution in [-0.4, -0.2) is 29.3 Å². The van der Waals surface area contributed by atoms with Crippen molar-refractivity contribution in [2.45, 2.75) is 20.0 Å². The molecule has 32 heavy (non-hydrogen) atoms. The lowest BCUT2D eigenvalue weighted by Gasteiger charge is -2.10. The second-order valence-corrected chi connectivity index (χ2v) is 8.32. The fourth-order valence-corrected chi connectivity index (χ4v) is 3.69. The van der Waals surface area contributed by atoms with Crippen LogP contribution in [0, 0.1) is 0 Å². The summed E-state index contributed by atoms with van der Waals surface area (Å²) in [4.78, 5) is 36.3. The third-order valence-corrected chi connectivity index (χ3v) is 5.59. The van der Waals surface area contributed by atoms with Gasteiger partial charge in [-0.3, -0.25) is 14.4 Å². The van der Waals surface area contributed by atoms with Gasteiger partial charge < -0.3 is 10.1 Å². The number of ether oxygens (including phenoxy) is 1. The lowest BCUT2D eigenvalue weighted by molar-refractivity contribution is -0.144. The van der Waals surface area contributed by atoms with Crippen molar-refractivity contribution in [2.75, 3.05) is 12.3 Å². The van der Waals surface area contributed by atoms with Crippen LogP contribution in [0.3, 0.4) is 0 Å². The molecule has 0 radical (unpaired) electrons. The second-order valence-electron chi connectivity index (χ2n) is 7.17. The van der Waals surface area contributed by atoms with Gasteiger partial charge in [-0.2, -0.15) is 0 Å². The van der Waals surface area contributed by atoms with Crippen LogP contribution in [0.4, 0.5) is 0 Å². The van der Waals surface area contributed by atoms with Gasteiger partial charge in [-0.05, 0) is 28.0 Å². The lowest BCUT2D eigenvalue weighted by Crippen LogP contribution is -2.28. The maximum absolute atomic E-state index is 12.8. The van der Waals surface area contributed by atoms with Crippen molar-refractivity contribution in [2.24, 2.45) is 0 Å². The molecule has 0 aliphatic heterocycles. The topological polar surface area (TPSA) is 72.5 Å². The first-order valence-electron chi connectivity index (χ1n) is 10.3. The predicted octanol–water partition coefficient (Wildman–Crippen LogP) is 4.75. The first-order chi connectivity index (χ1) is 15.5. The molecule has 0 heterocycles. The van der Waals surface area contributed by atoms with Crippen LogP contribution in [0.1, 0.15) is 24.5 Å². The zero-order valence-electron chi connectivity index (χ0n) is 17.9. The van der Waals surface area contributed by atoms with Crippen LogP contribution in [0.15, 0.2) is 78.4 Å². The minimum atomic E-state index is -0.383. The zero-order chi connectivity index (χ0) is 22.8. The van der Waals surface area contributed by atoms with Crippen molar-refractivity contribution in [1.82, 2.24) is 5.32 Å². The Morgan fingerprint density at radius 2 is 1.66 bits per heavy atom. The summed E-state index contributed by atoms with van der Waals surface area (Å²) < 4.78 is 5.24. The molecule has 0 spiro atoms. The molecule has 0 unspecified atom stereocenters. The van der Waals surface area contributed by atoms with Gasteiger partial charge in [0, 0.05) is 24.8 Å². The van der Waals surface area contributed by atoms with Gasteiger partial charge in [0.1, 0.15) is 6.61 Å². The minimum absolute atomic E-state index is 0.0638. The smallest absolute Gasteiger partial charge is 0.307 e. The molecule has 0 saturated heterocycles.